The molecule has 2 rings (SSSR count). The van der Waals surface area contributed by atoms with Crippen molar-refractivity contribution in [1.82, 2.24) is 4.72 Å². The molecular weight excluding hydrogens is 407 g/mol. The van der Waals surface area contributed by atoms with Crippen LogP contribution in [0.25, 0.3) is 0 Å². The van der Waals surface area contributed by atoms with Crippen molar-refractivity contribution in [2.24, 2.45) is 5.14 Å². The molecule has 0 fully saturated rings. The summed E-state index contributed by atoms with van der Waals surface area (Å²) in [4.78, 5) is -0.0828. The van der Waals surface area contributed by atoms with Crippen molar-refractivity contribution in [3.63, 3.8) is 0 Å². The van der Waals surface area contributed by atoms with E-state index in [0.717, 1.165) is 0 Å². The molecule has 0 aliphatic heterocycles. The summed E-state index contributed by atoms with van der Waals surface area (Å²) in [5.41, 5.74) is 0.955. The molecule has 0 aromatic heterocycles. The summed E-state index contributed by atoms with van der Waals surface area (Å²) in [5.74, 6) is -0.289. The Bertz CT molecular complexity index is 992. The third-order valence-electron chi connectivity index (χ3n) is 3.38. The van der Waals surface area contributed by atoms with E-state index in [1.54, 1.807) is 19.1 Å². The fraction of sp³-hybridized carbons (Fsp3) is 0.200. The van der Waals surface area contributed by atoms with Crippen LogP contribution in [0.1, 0.15) is 24.1 Å². The standard InChI is InChI=1S/C15H16Cl2N2O4S2/c1-10(12-3-2-4-13(8-12)25(18,22)23)19-24(20,21)9-11-5-6-14(16)15(17)7-11/h2-8,10,19H,9H2,1H3,(H2,18,22,23). The van der Waals surface area contributed by atoms with Crippen LogP contribution in [0.2, 0.25) is 10.0 Å². The number of benzene rings is 2. The normalized spacial score (nSPS) is 13.6. The van der Waals surface area contributed by atoms with E-state index in [-0.39, 0.29) is 15.7 Å². The van der Waals surface area contributed by atoms with Crippen molar-refractivity contribution < 1.29 is 16.8 Å². The molecule has 10 heteroatoms. The van der Waals surface area contributed by atoms with Crippen molar-refractivity contribution in [1.29, 1.82) is 0 Å². The van der Waals surface area contributed by atoms with Gasteiger partial charge < -0.3 is 0 Å². The Morgan fingerprint density at radius 2 is 1.72 bits per heavy atom. The molecule has 136 valence electrons. The van der Waals surface area contributed by atoms with Gasteiger partial charge in [0.25, 0.3) is 0 Å². The van der Waals surface area contributed by atoms with Gasteiger partial charge in [0.05, 0.1) is 20.7 Å². The van der Waals surface area contributed by atoms with E-state index in [2.05, 4.69) is 4.72 Å². The topological polar surface area (TPSA) is 106 Å². The summed E-state index contributed by atoms with van der Waals surface area (Å²) in [5, 5.41) is 5.70. The van der Waals surface area contributed by atoms with Gasteiger partial charge in [0.2, 0.25) is 20.0 Å². The maximum Gasteiger partial charge on any atom is 0.238 e. The van der Waals surface area contributed by atoms with Gasteiger partial charge in [-0.3, -0.25) is 0 Å². The number of nitrogens with one attached hydrogen (secondary N) is 1. The first-order valence-corrected chi connectivity index (χ1v) is 11.0. The van der Waals surface area contributed by atoms with E-state index in [9.17, 15) is 16.8 Å². The second-order valence-corrected chi connectivity index (χ2v) is 9.59. The molecule has 3 N–H and O–H groups in total. The number of nitrogens with two attached hydrogens (primary N) is 1. The van der Waals surface area contributed by atoms with E-state index in [1.165, 1.54) is 30.3 Å². The Morgan fingerprint density at radius 1 is 1.04 bits per heavy atom. The monoisotopic (exact) mass is 422 g/mol. The molecular formula is C15H16Cl2N2O4S2. The van der Waals surface area contributed by atoms with Gasteiger partial charge in [0.1, 0.15) is 0 Å². The highest BCUT2D eigenvalue weighted by Gasteiger charge is 2.18. The second kappa shape index (κ2) is 7.61. The summed E-state index contributed by atoms with van der Waals surface area (Å²) in [6, 6.07) is 9.72. The van der Waals surface area contributed by atoms with Crippen LogP contribution in [0.15, 0.2) is 47.4 Å². The number of halogens is 2. The van der Waals surface area contributed by atoms with Crippen LogP contribution >= 0.6 is 23.2 Å². The Balaban J connectivity index is 2.18. The van der Waals surface area contributed by atoms with Crippen LogP contribution in [-0.4, -0.2) is 16.8 Å². The molecule has 0 saturated carbocycles. The van der Waals surface area contributed by atoms with Crippen molar-refractivity contribution >= 4 is 43.2 Å². The molecule has 0 aliphatic carbocycles. The quantitative estimate of drug-likeness (QED) is 0.745. The van der Waals surface area contributed by atoms with Crippen LogP contribution in [0.3, 0.4) is 0 Å². The molecule has 1 unspecified atom stereocenters. The number of hydrogen-bond acceptors (Lipinski definition) is 4. The Kier molecular flexibility index (Phi) is 6.13. The molecule has 0 bridgehead atoms. The van der Waals surface area contributed by atoms with Gasteiger partial charge in [-0.05, 0) is 42.3 Å². The van der Waals surface area contributed by atoms with Gasteiger partial charge in [-0.25, -0.2) is 26.7 Å². The number of hydrogen-bond donors (Lipinski definition) is 2. The lowest BCUT2D eigenvalue weighted by Crippen LogP contribution is -2.28. The predicted octanol–water partition coefficient (Wildman–Crippen LogP) is 2.82. The lowest BCUT2D eigenvalue weighted by Gasteiger charge is -2.15. The summed E-state index contributed by atoms with van der Waals surface area (Å²) in [6.07, 6.45) is 0. The van der Waals surface area contributed by atoms with Crippen LogP contribution in [0, 0.1) is 0 Å². The number of rotatable bonds is 6. The maximum atomic E-state index is 12.3. The van der Waals surface area contributed by atoms with E-state index in [0.29, 0.717) is 16.1 Å². The van der Waals surface area contributed by atoms with Gasteiger partial charge in [-0.15, -0.1) is 0 Å². The SMILES string of the molecule is CC(NS(=O)(=O)Cc1ccc(Cl)c(Cl)c1)c1cccc(S(N)(=O)=O)c1. The zero-order valence-corrected chi connectivity index (χ0v) is 16.3. The van der Waals surface area contributed by atoms with Gasteiger partial charge >= 0.3 is 0 Å². The lowest BCUT2D eigenvalue weighted by molar-refractivity contribution is 0.566. The molecule has 0 spiro atoms. The number of sulfonamides is 2. The molecule has 0 amide bonds. The van der Waals surface area contributed by atoms with E-state index in [4.69, 9.17) is 28.3 Å². The summed E-state index contributed by atoms with van der Waals surface area (Å²) < 4.78 is 50.0. The Morgan fingerprint density at radius 3 is 2.32 bits per heavy atom. The highest BCUT2D eigenvalue weighted by Crippen LogP contribution is 2.24. The Hall–Kier alpha value is -1.16. The molecule has 25 heavy (non-hydrogen) atoms. The predicted molar refractivity (Wildman–Crippen MR) is 98.5 cm³/mol. The van der Waals surface area contributed by atoms with E-state index >= 15 is 0 Å². The minimum atomic E-state index is -3.86. The molecule has 1 atom stereocenters. The molecule has 0 heterocycles. The summed E-state index contributed by atoms with van der Waals surface area (Å²) >= 11 is 11.7. The minimum absolute atomic E-state index is 0.0828. The maximum absolute atomic E-state index is 12.3. The fourth-order valence-electron chi connectivity index (χ4n) is 2.19. The first kappa shape index (κ1) is 20.2. The summed E-state index contributed by atoms with van der Waals surface area (Å²) in [7, 11) is -7.56. The van der Waals surface area contributed by atoms with Crippen LogP contribution < -0.4 is 9.86 Å². The third kappa shape index (κ3) is 5.67. The average molecular weight is 423 g/mol. The third-order valence-corrected chi connectivity index (χ3v) is 6.46. The first-order chi connectivity index (χ1) is 11.5. The van der Waals surface area contributed by atoms with Gasteiger partial charge in [0, 0.05) is 6.04 Å². The molecule has 2 aromatic carbocycles. The van der Waals surface area contributed by atoms with Crippen molar-refractivity contribution in [3.05, 3.63) is 63.6 Å². The van der Waals surface area contributed by atoms with Crippen molar-refractivity contribution in [2.75, 3.05) is 0 Å². The lowest BCUT2D eigenvalue weighted by atomic mass is 10.1. The van der Waals surface area contributed by atoms with Gasteiger partial charge in [-0.2, -0.15) is 0 Å². The summed E-state index contributed by atoms with van der Waals surface area (Å²) in [6.45, 7) is 1.61. The molecule has 0 saturated heterocycles. The zero-order valence-electron chi connectivity index (χ0n) is 13.1. The van der Waals surface area contributed by atoms with Crippen molar-refractivity contribution in [2.45, 2.75) is 23.6 Å². The van der Waals surface area contributed by atoms with E-state index in [1.807, 2.05) is 0 Å². The molecule has 6 nitrogen and oxygen atoms in total. The molecule has 2 aromatic rings. The van der Waals surface area contributed by atoms with Gasteiger partial charge in [-0.1, -0.05) is 41.4 Å². The second-order valence-electron chi connectivity index (χ2n) is 5.46. The van der Waals surface area contributed by atoms with E-state index < -0.39 is 26.1 Å². The average Bonchev–Trinajstić information content (AvgIpc) is 2.49. The molecule has 0 aliphatic rings. The van der Waals surface area contributed by atoms with Crippen LogP contribution in [0.5, 0.6) is 0 Å². The first-order valence-electron chi connectivity index (χ1n) is 7.04. The smallest absolute Gasteiger partial charge is 0.225 e. The zero-order chi connectivity index (χ0) is 18.8. The largest absolute Gasteiger partial charge is 0.238 e. The minimum Gasteiger partial charge on any atom is -0.225 e. The number of primary sulfonamides is 1. The highest BCUT2D eigenvalue weighted by molar-refractivity contribution is 7.89. The highest BCUT2D eigenvalue weighted by atomic mass is 35.5. The van der Waals surface area contributed by atoms with Crippen LogP contribution in [0.4, 0.5) is 0 Å². The molecule has 0 radical (unpaired) electrons. The van der Waals surface area contributed by atoms with Crippen molar-refractivity contribution in [3.8, 4) is 0 Å². The Labute approximate surface area is 157 Å². The fourth-order valence-corrected chi connectivity index (χ4v) is 4.45. The van der Waals surface area contributed by atoms with Gasteiger partial charge in [0.15, 0.2) is 0 Å². The van der Waals surface area contributed by atoms with Crippen LogP contribution in [-0.2, 0) is 25.8 Å².